The van der Waals surface area contributed by atoms with E-state index in [2.05, 4.69) is 47.6 Å². The first-order valence-corrected chi connectivity index (χ1v) is 10.0. The maximum atomic E-state index is 12.1. The molecule has 27 heavy (non-hydrogen) atoms. The fourth-order valence-corrected chi connectivity index (χ4v) is 3.78. The van der Waals surface area contributed by atoms with Gasteiger partial charge in [-0.05, 0) is 37.1 Å². The predicted molar refractivity (Wildman–Crippen MR) is 109 cm³/mol. The summed E-state index contributed by atoms with van der Waals surface area (Å²) in [6.45, 7) is 4.57. The van der Waals surface area contributed by atoms with Gasteiger partial charge < -0.3 is 5.32 Å². The first kappa shape index (κ1) is 19.5. The zero-order valence-electron chi connectivity index (χ0n) is 15.3. The Labute approximate surface area is 168 Å². The van der Waals surface area contributed by atoms with Crippen molar-refractivity contribution in [3.8, 4) is 5.69 Å². The molecule has 0 aliphatic carbocycles. The third-order valence-corrected chi connectivity index (χ3v) is 5.44. The van der Waals surface area contributed by atoms with Gasteiger partial charge in [-0.25, -0.2) is 0 Å². The fraction of sp³-hybridized carbons (Fsp3) is 0.250. The maximum Gasteiger partial charge on any atom is 0.221 e. The summed E-state index contributed by atoms with van der Waals surface area (Å²) in [5, 5.41) is 12.5. The normalized spacial score (nSPS) is 10.8. The molecule has 5 nitrogen and oxygen atoms in total. The largest absolute Gasteiger partial charge is 0.352 e. The summed E-state index contributed by atoms with van der Waals surface area (Å²) in [5.74, 6) is 0.609. The quantitative estimate of drug-likeness (QED) is 0.599. The van der Waals surface area contributed by atoms with E-state index in [1.54, 1.807) is 6.33 Å². The molecular weight excluding hydrogens is 380 g/mol. The molecule has 0 spiro atoms. The Morgan fingerprint density at radius 2 is 2.04 bits per heavy atom. The monoisotopic (exact) mass is 400 g/mol. The third kappa shape index (κ3) is 5.11. The summed E-state index contributed by atoms with van der Waals surface area (Å²) in [6, 6.07) is 13.8. The Morgan fingerprint density at radius 1 is 1.22 bits per heavy atom. The molecule has 3 aromatic rings. The van der Waals surface area contributed by atoms with Crippen LogP contribution in [0.15, 0.2) is 53.9 Å². The molecule has 0 fully saturated rings. The van der Waals surface area contributed by atoms with Gasteiger partial charge in [0.2, 0.25) is 5.91 Å². The summed E-state index contributed by atoms with van der Waals surface area (Å²) in [4.78, 5) is 12.1. The molecule has 1 aromatic heterocycles. The molecular formula is C20H21ClN4OS. The second kappa shape index (κ2) is 9.06. The molecule has 0 aliphatic rings. The summed E-state index contributed by atoms with van der Waals surface area (Å²) < 4.78 is 1.96. The van der Waals surface area contributed by atoms with Gasteiger partial charge in [-0.15, -0.1) is 10.2 Å². The van der Waals surface area contributed by atoms with Crippen LogP contribution in [-0.4, -0.2) is 26.4 Å². The lowest BCUT2D eigenvalue weighted by Crippen LogP contribution is -2.23. The number of halogens is 1. The lowest BCUT2D eigenvalue weighted by molar-refractivity contribution is -0.120. The van der Waals surface area contributed by atoms with Crippen LogP contribution in [0, 0.1) is 13.8 Å². The highest BCUT2D eigenvalue weighted by molar-refractivity contribution is 7.99. The molecule has 0 saturated heterocycles. The summed E-state index contributed by atoms with van der Waals surface area (Å²) >= 11 is 7.62. The number of carbonyl (C=O) groups excluding carboxylic acids is 1. The predicted octanol–water partition coefficient (Wildman–Crippen LogP) is 4.34. The molecule has 1 heterocycles. The van der Waals surface area contributed by atoms with E-state index in [0.717, 1.165) is 22.0 Å². The molecule has 3 rings (SSSR count). The average Bonchev–Trinajstić information content (AvgIpc) is 3.09. The van der Waals surface area contributed by atoms with Crippen LogP contribution in [0.2, 0.25) is 5.02 Å². The van der Waals surface area contributed by atoms with Gasteiger partial charge >= 0.3 is 0 Å². The van der Waals surface area contributed by atoms with E-state index >= 15 is 0 Å². The second-order valence-corrected chi connectivity index (χ2v) is 7.71. The van der Waals surface area contributed by atoms with Crippen molar-refractivity contribution < 1.29 is 4.79 Å². The zero-order valence-corrected chi connectivity index (χ0v) is 16.8. The molecule has 0 atom stereocenters. The number of nitrogens with zero attached hydrogens (tertiary/aromatic N) is 3. The summed E-state index contributed by atoms with van der Waals surface area (Å²) in [5.41, 5.74) is 4.34. The summed E-state index contributed by atoms with van der Waals surface area (Å²) in [6.07, 6.45) is 2.10. The average molecular weight is 401 g/mol. The molecule has 0 radical (unpaired) electrons. The Balaban J connectivity index is 1.53. The molecule has 1 amide bonds. The number of amides is 1. The van der Waals surface area contributed by atoms with Crippen molar-refractivity contribution in [1.29, 1.82) is 0 Å². The smallest absolute Gasteiger partial charge is 0.221 e. The number of hydrogen-bond donors (Lipinski definition) is 1. The minimum atomic E-state index is -0.0139. The molecule has 7 heteroatoms. The fourth-order valence-electron chi connectivity index (χ4n) is 2.72. The number of thioether (sulfide) groups is 1. The molecule has 0 bridgehead atoms. The topological polar surface area (TPSA) is 59.8 Å². The molecule has 0 saturated carbocycles. The Kier molecular flexibility index (Phi) is 6.53. The molecule has 0 unspecified atom stereocenters. The SMILES string of the molecule is Cc1ccc(-n2cnnc2SCCC(=O)NCc2ccccc2Cl)c(C)c1. The number of rotatable bonds is 7. The van der Waals surface area contributed by atoms with Crippen molar-refractivity contribution in [3.63, 3.8) is 0 Å². The second-order valence-electron chi connectivity index (χ2n) is 6.24. The summed E-state index contributed by atoms with van der Waals surface area (Å²) in [7, 11) is 0. The van der Waals surface area contributed by atoms with Crippen LogP contribution in [0.3, 0.4) is 0 Å². The van der Waals surface area contributed by atoms with Crippen molar-refractivity contribution in [1.82, 2.24) is 20.1 Å². The van der Waals surface area contributed by atoms with E-state index < -0.39 is 0 Å². The highest BCUT2D eigenvalue weighted by atomic mass is 35.5. The van der Waals surface area contributed by atoms with E-state index in [9.17, 15) is 4.79 Å². The molecule has 140 valence electrons. The number of nitrogens with one attached hydrogen (secondary N) is 1. The van der Waals surface area contributed by atoms with E-state index in [1.807, 2.05) is 28.8 Å². The van der Waals surface area contributed by atoms with Crippen LogP contribution in [0.4, 0.5) is 0 Å². The van der Waals surface area contributed by atoms with Gasteiger partial charge in [0.25, 0.3) is 0 Å². The van der Waals surface area contributed by atoms with Gasteiger partial charge in [0.15, 0.2) is 5.16 Å². The van der Waals surface area contributed by atoms with E-state index in [1.165, 1.54) is 17.3 Å². The van der Waals surface area contributed by atoms with E-state index in [-0.39, 0.29) is 5.91 Å². The lowest BCUT2D eigenvalue weighted by atomic mass is 10.1. The van der Waals surface area contributed by atoms with Gasteiger partial charge in [-0.1, -0.05) is 59.3 Å². The van der Waals surface area contributed by atoms with Crippen molar-refractivity contribution in [2.24, 2.45) is 0 Å². The van der Waals surface area contributed by atoms with Gasteiger partial charge in [0, 0.05) is 23.7 Å². The maximum absolute atomic E-state index is 12.1. The van der Waals surface area contributed by atoms with Crippen LogP contribution in [-0.2, 0) is 11.3 Å². The Bertz CT molecular complexity index is 941. The van der Waals surface area contributed by atoms with Crippen molar-refractivity contribution in [3.05, 3.63) is 70.5 Å². The van der Waals surface area contributed by atoms with Gasteiger partial charge in [0.1, 0.15) is 6.33 Å². The Morgan fingerprint density at radius 3 is 2.81 bits per heavy atom. The molecule has 2 aromatic carbocycles. The minimum Gasteiger partial charge on any atom is -0.352 e. The van der Waals surface area contributed by atoms with Crippen LogP contribution < -0.4 is 5.32 Å². The van der Waals surface area contributed by atoms with Crippen molar-refractivity contribution in [2.75, 3.05) is 5.75 Å². The van der Waals surface area contributed by atoms with E-state index in [0.29, 0.717) is 23.7 Å². The first-order chi connectivity index (χ1) is 13.0. The molecule has 1 N–H and O–H groups in total. The molecule has 0 aliphatic heterocycles. The number of carbonyl (C=O) groups is 1. The van der Waals surface area contributed by atoms with Gasteiger partial charge in [0.05, 0.1) is 5.69 Å². The van der Waals surface area contributed by atoms with Gasteiger partial charge in [-0.2, -0.15) is 0 Å². The highest BCUT2D eigenvalue weighted by Crippen LogP contribution is 2.23. The number of benzene rings is 2. The van der Waals surface area contributed by atoms with Crippen LogP contribution in [0.25, 0.3) is 5.69 Å². The zero-order chi connectivity index (χ0) is 19.2. The van der Waals surface area contributed by atoms with Crippen molar-refractivity contribution >= 4 is 29.3 Å². The van der Waals surface area contributed by atoms with E-state index in [4.69, 9.17) is 11.6 Å². The first-order valence-electron chi connectivity index (χ1n) is 8.65. The number of aryl methyl sites for hydroxylation is 2. The van der Waals surface area contributed by atoms with Gasteiger partial charge in [-0.3, -0.25) is 9.36 Å². The lowest BCUT2D eigenvalue weighted by Gasteiger charge is -2.10. The van der Waals surface area contributed by atoms with Crippen LogP contribution in [0.1, 0.15) is 23.1 Å². The van der Waals surface area contributed by atoms with Crippen LogP contribution in [0.5, 0.6) is 0 Å². The van der Waals surface area contributed by atoms with Crippen LogP contribution >= 0.6 is 23.4 Å². The number of hydrogen-bond acceptors (Lipinski definition) is 4. The van der Waals surface area contributed by atoms with Crippen molar-refractivity contribution in [2.45, 2.75) is 32.0 Å². The Hall–Kier alpha value is -2.31. The number of aromatic nitrogens is 3. The highest BCUT2D eigenvalue weighted by Gasteiger charge is 2.11. The minimum absolute atomic E-state index is 0.0139. The standard InChI is InChI=1S/C20H21ClN4OS/c1-14-7-8-18(15(2)11-14)25-13-23-24-20(25)27-10-9-19(26)22-12-16-5-3-4-6-17(16)21/h3-8,11,13H,9-10,12H2,1-2H3,(H,22,26). The third-order valence-electron chi connectivity index (χ3n) is 4.12.